The lowest BCUT2D eigenvalue weighted by molar-refractivity contribution is 0.0784. The van der Waals surface area contributed by atoms with Gasteiger partial charge >= 0.3 is 0 Å². The summed E-state index contributed by atoms with van der Waals surface area (Å²) >= 11 is 5.80. The van der Waals surface area contributed by atoms with E-state index in [1.165, 1.54) is 11.4 Å². The van der Waals surface area contributed by atoms with E-state index in [2.05, 4.69) is 29.5 Å². The van der Waals surface area contributed by atoms with E-state index in [1.807, 2.05) is 7.05 Å². The molecule has 1 atom stereocenters. The Morgan fingerprint density at radius 1 is 1.36 bits per heavy atom. The molecule has 1 aliphatic rings. The molecule has 1 unspecified atom stereocenters. The summed E-state index contributed by atoms with van der Waals surface area (Å²) in [4.78, 5) is 18.7. The van der Waals surface area contributed by atoms with Gasteiger partial charge in [-0.3, -0.25) is 4.79 Å². The number of rotatable bonds is 5. The fourth-order valence-electron chi connectivity index (χ4n) is 3.89. The van der Waals surface area contributed by atoms with Gasteiger partial charge in [0.15, 0.2) is 5.58 Å². The molecule has 1 aliphatic heterocycles. The van der Waals surface area contributed by atoms with Gasteiger partial charge in [0.25, 0.3) is 11.3 Å². The molecule has 0 saturated carbocycles. The summed E-state index contributed by atoms with van der Waals surface area (Å²) in [7, 11) is 1.81. The summed E-state index contributed by atoms with van der Waals surface area (Å²) in [6.45, 7) is 6.49. The van der Waals surface area contributed by atoms with Gasteiger partial charge in [-0.05, 0) is 68.1 Å². The number of aryl methyl sites for hydroxylation is 1. The second-order valence-electron chi connectivity index (χ2n) is 7.45. The number of halogens is 1. The van der Waals surface area contributed by atoms with Gasteiger partial charge < -0.3 is 18.6 Å². The first-order valence-corrected chi connectivity index (χ1v) is 9.89. The molecular formula is C21H24ClN3O3. The van der Waals surface area contributed by atoms with Crippen molar-refractivity contribution >= 4 is 28.6 Å². The second-order valence-corrected chi connectivity index (χ2v) is 7.78. The third-order valence-electron chi connectivity index (χ3n) is 5.45. The summed E-state index contributed by atoms with van der Waals surface area (Å²) < 4.78 is 13.3. The second kappa shape index (κ2) is 7.60. The van der Waals surface area contributed by atoms with Crippen molar-refractivity contribution in [2.75, 3.05) is 13.7 Å². The fraction of sp³-hybridized carbons (Fsp3) is 0.429. The maximum absolute atomic E-state index is 12.9. The number of amides is 1. The molecule has 7 heteroatoms. The molecule has 0 N–H and O–H groups in total. The Balaban J connectivity index is 1.50. The SMILES string of the molecule is Cc1cc(CN(C)C(=O)c2ccc3oc(Cl)nc3c2)c(C)n1CC1CCCO1. The molecule has 0 aliphatic carbocycles. The lowest BCUT2D eigenvalue weighted by Crippen LogP contribution is -2.26. The highest BCUT2D eigenvalue weighted by molar-refractivity contribution is 6.28. The maximum Gasteiger partial charge on any atom is 0.293 e. The van der Waals surface area contributed by atoms with Gasteiger partial charge in [0, 0.05) is 43.7 Å². The molecule has 1 aromatic carbocycles. The van der Waals surface area contributed by atoms with Crippen LogP contribution in [0.4, 0.5) is 0 Å². The van der Waals surface area contributed by atoms with E-state index >= 15 is 0 Å². The highest BCUT2D eigenvalue weighted by Crippen LogP contribution is 2.23. The molecule has 0 radical (unpaired) electrons. The highest BCUT2D eigenvalue weighted by Gasteiger charge is 2.20. The number of fused-ring (bicyclic) bond motifs is 1. The van der Waals surface area contributed by atoms with Crippen molar-refractivity contribution in [3.63, 3.8) is 0 Å². The van der Waals surface area contributed by atoms with E-state index in [0.717, 1.165) is 31.6 Å². The lowest BCUT2D eigenvalue weighted by atomic mass is 10.1. The first kappa shape index (κ1) is 19.0. The Morgan fingerprint density at radius 3 is 2.93 bits per heavy atom. The van der Waals surface area contributed by atoms with Gasteiger partial charge in [-0.1, -0.05) is 0 Å². The predicted octanol–water partition coefficient (Wildman–Crippen LogP) is 4.35. The number of nitrogens with zero attached hydrogens (tertiary/aromatic N) is 3. The van der Waals surface area contributed by atoms with E-state index in [9.17, 15) is 4.79 Å². The van der Waals surface area contributed by atoms with Crippen LogP contribution in [0.1, 0.15) is 40.2 Å². The minimum absolute atomic E-state index is 0.0649. The third-order valence-corrected chi connectivity index (χ3v) is 5.61. The normalized spacial score (nSPS) is 16.8. The average molecular weight is 402 g/mol. The van der Waals surface area contributed by atoms with Gasteiger partial charge in [-0.2, -0.15) is 4.98 Å². The van der Waals surface area contributed by atoms with Gasteiger partial charge in [-0.15, -0.1) is 0 Å². The molecule has 3 aromatic rings. The molecule has 0 bridgehead atoms. The van der Waals surface area contributed by atoms with Crippen LogP contribution in [-0.4, -0.2) is 40.1 Å². The third kappa shape index (κ3) is 3.66. The van der Waals surface area contributed by atoms with Gasteiger partial charge in [0.2, 0.25) is 0 Å². The zero-order chi connectivity index (χ0) is 19.8. The van der Waals surface area contributed by atoms with Crippen LogP contribution in [-0.2, 0) is 17.8 Å². The van der Waals surface area contributed by atoms with Gasteiger partial charge in [0.1, 0.15) is 5.52 Å². The zero-order valence-electron chi connectivity index (χ0n) is 16.4. The standard InChI is InChI=1S/C21H24ClN3O3/c1-13-9-16(14(2)25(13)12-17-5-4-8-27-17)11-24(3)20(26)15-6-7-19-18(10-15)23-21(22)28-19/h6-7,9-10,17H,4-5,8,11-12H2,1-3H3. The topological polar surface area (TPSA) is 60.5 Å². The molecule has 2 aromatic heterocycles. The van der Waals surface area contributed by atoms with Crippen LogP contribution in [0.3, 0.4) is 0 Å². The Kier molecular flexibility index (Phi) is 5.17. The Hall–Kier alpha value is -2.31. The monoisotopic (exact) mass is 401 g/mol. The summed E-state index contributed by atoms with van der Waals surface area (Å²) in [5, 5.41) is 0.0756. The smallest absolute Gasteiger partial charge is 0.293 e. The summed E-state index contributed by atoms with van der Waals surface area (Å²) in [5.41, 5.74) is 5.25. The van der Waals surface area contributed by atoms with Gasteiger partial charge in [-0.25, -0.2) is 0 Å². The molecule has 1 saturated heterocycles. The van der Waals surface area contributed by atoms with Crippen LogP contribution in [0.25, 0.3) is 11.1 Å². The maximum atomic E-state index is 12.9. The van der Waals surface area contributed by atoms with Crippen molar-refractivity contribution in [1.29, 1.82) is 0 Å². The van der Waals surface area contributed by atoms with Gasteiger partial charge in [0.05, 0.1) is 6.10 Å². The Morgan fingerprint density at radius 2 is 2.18 bits per heavy atom. The number of carbonyl (C=O) groups is 1. The minimum atomic E-state index is -0.0649. The van der Waals surface area contributed by atoms with Crippen molar-refractivity contribution in [3.05, 3.63) is 52.1 Å². The van der Waals surface area contributed by atoms with Crippen LogP contribution in [0.15, 0.2) is 28.7 Å². The number of benzene rings is 1. The Bertz CT molecular complexity index is 1020. The van der Waals surface area contributed by atoms with Crippen molar-refractivity contribution < 1.29 is 13.9 Å². The number of hydrogen-bond acceptors (Lipinski definition) is 4. The van der Waals surface area contributed by atoms with E-state index in [1.54, 1.807) is 23.1 Å². The van der Waals surface area contributed by atoms with Crippen molar-refractivity contribution in [3.8, 4) is 0 Å². The molecule has 1 amide bonds. The van der Waals surface area contributed by atoms with Crippen LogP contribution in [0, 0.1) is 13.8 Å². The molecule has 4 rings (SSSR count). The van der Waals surface area contributed by atoms with Crippen LogP contribution in [0.5, 0.6) is 0 Å². The predicted molar refractivity (Wildman–Crippen MR) is 108 cm³/mol. The molecule has 28 heavy (non-hydrogen) atoms. The molecular weight excluding hydrogens is 378 g/mol. The number of ether oxygens (including phenoxy) is 1. The highest BCUT2D eigenvalue weighted by atomic mass is 35.5. The van der Waals surface area contributed by atoms with E-state index in [0.29, 0.717) is 23.2 Å². The minimum Gasteiger partial charge on any atom is -0.428 e. The van der Waals surface area contributed by atoms with E-state index in [-0.39, 0.29) is 17.4 Å². The van der Waals surface area contributed by atoms with Crippen molar-refractivity contribution in [2.45, 2.75) is 45.9 Å². The molecule has 1 fully saturated rings. The first-order chi connectivity index (χ1) is 13.4. The van der Waals surface area contributed by atoms with E-state index < -0.39 is 0 Å². The molecule has 0 spiro atoms. The van der Waals surface area contributed by atoms with Crippen molar-refractivity contribution in [1.82, 2.24) is 14.5 Å². The average Bonchev–Trinajstić information content (AvgIpc) is 3.36. The number of oxazole rings is 1. The summed E-state index contributed by atoms with van der Waals surface area (Å²) in [5.74, 6) is -0.0649. The zero-order valence-corrected chi connectivity index (χ0v) is 17.1. The first-order valence-electron chi connectivity index (χ1n) is 9.51. The quantitative estimate of drug-likeness (QED) is 0.637. The van der Waals surface area contributed by atoms with Crippen LogP contribution < -0.4 is 0 Å². The summed E-state index contributed by atoms with van der Waals surface area (Å²) in [6.07, 6.45) is 2.53. The molecule has 6 nitrogen and oxygen atoms in total. The van der Waals surface area contributed by atoms with Crippen LogP contribution in [0.2, 0.25) is 5.35 Å². The molecule has 3 heterocycles. The van der Waals surface area contributed by atoms with E-state index in [4.69, 9.17) is 20.8 Å². The largest absolute Gasteiger partial charge is 0.428 e. The Labute approximate surface area is 169 Å². The fourth-order valence-corrected chi connectivity index (χ4v) is 4.06. The number of hydrogen-bond donors (Lipinski definition) is 0. The number of carbonyl (C=O) groups excluding carboxylic acids is 1. The number of aromatic nitrogens is 2. The molecule has 148 valence electrons. The van der Waals surface area contributed by atoms with Crippen molar-refractivity contribution in [2.24, 2.45) is 0 Å². The summed E-state index contributed by atoms with van der Waals surface area (Å²) in [6, 6.07) is 7.34. The van der Waals surface area contributed by atoms with Crippen LogP contribution >= 0.6 is 11.6 Å². The lowest BCUT2D eigenvalue weighted by Gasteiger charge is -2.18.